The number of imidazole rings is 1. The number of amides is 1. The molecule has 2 aromatic heterocycles. The minimum Gasteiger partial charge on any atom is -0.336 e. The average molecular weight is 374 g/mol. The molecule has 1 atom stereocenters. The highest BCUT2D eigenvalue weighted by atomic mass is 16.2. The fourth-order valence-electron chi connectivity index (χ4n) is 4.69. The molecule has 0 unspecified atom stereocenters. The highest BCUT2D eigenvalue weighted by Gasteiger charge is 2.31. The van der Waals surface area contributed by atoms with Crippen molar-refractivity contribution in [2.75, 3.05) is 19.6 Å². The van der Waals surface area contributed by atoms with Crippen molar-refractivity contribution >= 4 is 11.6 Å². The third kappa shape index (κ3) is 3.10. The number of hydrogen-bond donors (Lipinski definition) is 0. The number of benzene rings is 1. The number of aryl methyl sites for hydroxylation is 1. The minimum absolute atomic E-state index is 0.0604. The van der Waals surface area contributed by atoms with Gasteiger partial charge in [0.05, 0.1) is 0 Å². The van der Waals surface area contributed by atoms with E-state index in [1.165, 1.54) is 11.1 Å². The summed E-state index contributed by atoms with van der Waals surface area (Å²) in [7, 11) is 0. The van der Waals surface area contributed by atoms with Gasteiger partial charge in [-0.1, -0.05) is 30.3 Å². The van der Waals surface area contributed by atoms with E-state index in [9.17, 15) is 4.79 Å². The monoisotopic (exact) mass is 374 g/mol. The minimum atomic E-state index is 0.0604. The predicted octanol–water partition coefficient (Wildman–Crippen LogP) is 3.31. The number of fused-ring (bicyclic) bond motifs is 2. The molecular formula is C23H26N4O. The Kier molecular flexibility index (Phi) is 4.40. The van der Waals surface area contributed by atoms with Crippen molar-refractivity contribution in [3.8, 4) is 0 Å². The van der Waals surface area contributed by atoms with Crippen LogP contribution >= 0.6 is 0 Å². The summed E-state index contributed by atoms with van der Waals surface area (Å²) in [6.07, 6.45) is 7.14. The highest BCUT2D eigenvalue weighted by molar-refractivity contribution is 5.93. The molecule has 2 aliphatic rings. The van der Waals surface area contributed by atoms with Gasteiger partial charge in [-0.3, -0.25) is 9.69 Å². The summed E-state index contributed by atoms with van der Waals surface area (Å²) >= 11 is 0. The maximum Gasteiger partial charge on any atom is 0.274 e. The molecular weight excluding hydrogens is 348 g/mol. The van der Waals surface area contributed by atoms with E-state index < -0.39 is 0 Å². The molecule has 2 aliphatic heterocycles. The molecule has 0 spiro atoms. The van der Waals surface area contributed by atoms with Crippen LogP contribution in [0.4, 0.5) is 0 Å². The maximum atomic E-state index is 13.1. The lowest BCUT2D eigenvalue weighted by molar-refractivity contribution is 0.0544. The van der Waals surface area contributed by atoms with E-state index in [-0.39, 0.29) is 5.91 Å². The topological polar surface area (TPSA) is 40.9 Å². The summed E-state index contributed by atoms with van der Waals surface area (Å²) in [6, 6.07) is 13.2. The van der Waals surface area contributed by atoms with Gasteiger partial charge in [0, 0.05) is 44.6 Å². The van der Waals surface area contributed by atoms with Crippen LogP contribution in [-0.2, 0) is 13.0 Å². The smallest absolute Gasteiger partial charge is 0.274 e. The molecule has 0 aliphatic carbocycles. The summed E-state index contributed by atoms with van der Waals surface area (Å²) in [5.41, 5.74) is 5.42. The summed E-state index contributed by atoms with van der Waals surface area (Å²) in [4.78, 5) is 22.3. The molecule has 144 valence electrons. The Morgan fingerprint density at radius 1 is 1.11 bits per heavy atom. The molecule has 0 saturated carbocycles. The standard InChI is InChI=1S/C23H26N4O/c1-17-6-4-11-26-16-21(24-22(17)26)23(28)27-12-5-9-20(15-27)25-13-10-18-7-2-3-8-19(18)14-25/h2-4,6-8,11,16,20H,5,9-10,12-15H2,1H3/t20-/m0/s1. The molecule has 0 radical (unpaired) electrons. The van der Waals surface area contributed by atoms with Crippen LogP contribution in [0.3, 0.4) is 0 Å². The van der Waals surface area contributed by atoms with Crippen LogP contribution in [0, 0.1) is 6.92 Å². The van der Waals surface area contributed by atoms with Crippen molar-refractivity contribution in [2.24, 2.45) is 0 Å². The Labute approximate surface area is 165 Å². The van der Waals surface area contributed by atoms with E-state index in [0.717, 1.165) is 56.7 Å². The van der Waals surface area contributed by atoms with Crippen LogP contribution < -0.4 is 0 Å². The lowest BCUT2D eigenvalue weighted by Crippen LogP contribution is -2.51. The largest absolute Gasteiger partial charge is 0.336 e. The Morgan fingerprint density at radius 2 is 1.96 bits per heavy atom. The molecule has 5 nitrogen and oxygen atoms in total. The number of carbonyl (C=O) groups is 1. The van der Waals surface area contributed by atoms with Crippen LogP contribution in [0.15, 0.2) is 48.8 Å². The van der Waals surface area contributed by atoms with Crippen molar-refractivity contribution in [1.29, 1.82) is 0 Å². The first-order valence-electron chi connectivity index (χ1n) is 10.2. The first-order chi connectivity index (χ1) is 13.7. The van der Waals surface area contributed by atoms with Crippen LogP contribution in [0.2, 0.25) is 0 Å². The maximum absolute atomic E-state index is 13.1. The molecule has 1 amide bonds. The SMILES string of the molecule is Cc1cccn2cc(C(=O)N3CCC[C@H](N4CCc5ccccc5C4)C3)nc12. The predicted molar refractivity (Wildman–Crippen MR) is 109 cm³/mol. The van der Waals surface area contributed by atoms with Gasteiger partial charge in [0.25, 0.3) is 5.91 Å². The third-order valence-corrected chi connectivity index (χ3v) is 6.26. The van der Waals surface area contributed by atoms with Crippen LogP contribution in [0.1, 0.15) is 40.0 Å². The van der Waals surface area contributed by atoms with E-state index in [0.29, 0.717) is 11.7 Å². The van der Waals surface area contributed by atoms with Gasteiger partial charge in [-0.2, -0.15) is 0 Å². The lowest BCUT2D eigenvalue weighted by Gasteiger charge is -2.41. The van der Waals surface area contributed by atoms with E-state index in [1.54, 1.807) is 0 Å². The van der Waals surface area contributed by atoms with Crippen LogP contribution in [0.25, 0.3) is 5.65 Å². The highest BCUT2D eigenvalue weighted by Crippen LogP contribution is 2.25. The van der Waals surface area contributed by atoms with Gasteiger partial charge >= 0.3 is 0 Å². The second-order valence-corrected chi connectivity index (χ2v) is 8.08. The van der Waals surface area contributed by atoms with E-state index in [2.05, 4.69) is 34.1 Å². The number of nitrogens with zero attached hydrogens (tertiary/aromatic N) is 4. The van der Waals surface area contributed by atoms with E-state index in [1.807, 2.05) is 40.8 Å². The molecule has 5 rings (SSSR count). The van der Waals surface area contributed by atoms with Crippen molar-refractivity contribution in [2.45, 2.75) is 38.8 Å². The van der Waals surface area contributed by atoms with Crippen molar-refractivity contribution < 1.29 is 4.79 Å². The Balaban J connectivity index is 1.32. The molecule has 0 N–H and O–H groups in total. The van der Waals surface area contributed by atoms with Gasteiger partial charge in [-0.05, 0) is 48.9 Å². The molecule has 28 heavy (non-hydrogen) atoms. The summed E-state index contributed by atoms with van der Waals surface area (Å²) < 4.78 is 1.95. The first kappa shape index (κ1) is 17.4. The fourth-order valence-corrected chi connectivity index (χ4v) is 4.69. The fraction of sp³-hybridized carbons (Fsp3) is 0.391. The summed E-state index contributed by atoms with van der Waals surface area (Å²) in [5.74, 6) is 0.0604. The molecule has 1 fully saturated rings. The number of rotatable bonds is 2. The number of hydrogen-bond acceptors (Lipinski definition) is 3. The normalized spacial score (nSPS) is 20.3. The zero-order chi connectivity index (χ0) is 19.1. The number of piperidine rings is 1. The van der Waals surface area contributed by atoms with Gasteiger partial charge in [0.1, 0.15) is 11.3 Å². The van der Waals surface area contributed by atoms with Gasteiger partial charge < -0.3 is 9.30 Å². The Morgan fingerprint density at radius 3 is 2.82 bits per heavy atom. The first-order valence-corrected chi connectivity index (χ1v) is 10.2. The lowest BCUT2D eigenvalue weighted by atomic mass is 9.96. The van der Waals surface area contributed by atoms with Crippen molar-refractivity contribution in [3.05, 3.63) is 71.2 Å². The Hall–Kier alpha value is -2.66. The second-order valence-electron chi connectivity index (χ2n) is 8.08. The van der Waals surface area contributed by atoms with Gasteiger partial charge in [0.2, 0.25) is 0 Å². The Bertz CT molecular complexity index is 1020. The van der Waals surface area contributed by atoms with Gasteiger partial charge in [0.15, 0.2) is 0 Å². The molecule has 3 aromatic rings. The number of carbonyl (C=O) groups excluding carboxylic acids is 1. The zero-order valence-electron chi connectivity index (χ0n) is 16.3. The van der Waals surface area contributed by atoms with Crippen molar-refractivity contribution in [3.63, 3.8) is 0 Å². The quantitative estimate of drug-likeness (QED) is 0.691. The van der Waals surface area contributed by atoms with Crippen LogP contribution in [-0.4, -0.2) is 50.8 Å². The molecule has 4 heterocycles. The van der Waals surface area contributed by atoms with Crippen LogP contribution in [0.5, 0.6) is 0 Å². The van der Waals surface area contributed by atoms with E-state index in [4.69, 9.17) is 0 Å². The number of likely N-dealkylation sites (tertiary alicyclic amines) is 1. The van der Waals surface area contributed by atoms with Gasteiger partial charge in [-0.15, -0.1) is 0 Å². The van der Waals surface area contributed by atoms with Crippen molar-refractivity contribution in [1.82, 2.24) is 19.2 Å². The molecule has 1 aromatic carbocycles. The third-order valence-electron chi connectivity index (χ3n) is 6.26. The molecule has 0 bridgehead atoms. The summed E-state index contributed by atoms with van der Waals surface area (Å²) in [5, 5.41) is 0. The van der Waals surface area contributed by atoms with E-state index >= 15 is 0 Å². The summed E-state index contributed by atoms with van der Waals surface area (Å²) in [6.45, 7) is 5.73. The zero-order valence-corrected chi connectivity index (χ0v) is 16.3. The second kappa shape index (κ2) is 7.06. The van der Waals surface area contributed by atoms with Gasteiger partial charge in [-0.25, -0.2) is 4.98 Å². The molecule has 5 heteroatoms. The average Bonchev–Trinajstić information content (AvgIpc) is 3.19. The number of aromatic nitrogens is 2. The number of pyridine rings is 1. The molecule has 1 saturated heterocycles.